The number of hydrogen-bond donors (Lipinski definition) is 2. The quantitative estimate of drug-likeness (QED) is 0.384. The van der Waals surface area contributed by atoms with Crippen molar-refractivity contribution in [2.24, 2.45) is 4.99 Å². The van der Waals surface area contributed by atoms with E-state index in [0.29, 0.717) is 40.7 Å². The molecular formula is C15H20Cl2IN5O. The van der Waals surface area contributed by atoms with Gasteiger partial charge < -0.3 is 15.2 Å². The summed E-state index contributed by atoms with van der Waals surface area (Å²) in [6.07, 6.45) is 0.623. The Labute approximate surface area is 168 Å². The molecule has 0 aliphatic heterocycles. The van der Waals surface area contributed by atoms with Crippen LogP contribution in [0.1, 0.15) is 30.2 Å². The van der Waals surface area contributed by atoms with Gasteiger partial charge >= 0.3 is 0 Å². The Kier molecular flexibility index (Phi) is 8.79. The van der Waals surface area contributed by atoms with Gasteiger partial charge in [-0.3, -0.25) is 4.99 Å². The fourth-order valence-corrected chi connectivity index (χ4v) is 2.63. The zero-order chi connectivity index (χ0) is 16.8. The Morgan fingerprint density at radius 3 is 2.71 bits per heavy atom. The van der Waals surface area contributed by atoms with Crippen molar-refractivity contribution in [2.45, 2.75) is 26.3 Å². The van der Waals surface area contributed by atoms with E-state index in [1.165, 1.54) is 0 Å². The van der Waals surface area contributed by atoms with Crippen molar-refractivity contribution in [3.8, 4) is 0 Å². The minimum atomic E-state index is -0.0170. The molecule has 2 N–H and O–H groups in total. The molecule has 0 fully saturated rings. The summed E-state index contributed by atoms with van der Waals surface area (Å²) < 4.78 is 5.07. The van der Waals surface area contributed by atoms with Gasteiger partial charge in [-0.1, -0.05) is 34.4 Å². The van der Waals surface area contributed by atoms with E-state index in [-0.39, 0.29) is 30.0 Å². The van der Waals surface area contributed by atoms with Gasteiger partial charge in [-0.15, -0.1) is 24.0 Å². The Morgan fingerprint density at radius 2 is 2.12 bits per heavy atom. The molecule has 132 valence electrons. The Balaban J connectivity index is 0.00000288. The normalized spacial score (nSPS) is 12.5. The molecule has 0 aliphatic rings. The summed E-state index contributed by atoms with van der Waals surface area (Å²) in [5, 5.41) is 11.5. The molecular weight excluding hydrogens is 464 g/mol. The molecule has 0 radical (unpaired) electrons. The third kappa shape index (κ3) is 6.10. The smallest absolute Gasteiger partial charge is 0.228 e. The van der Waals surface area contributed by atoms with Crippen LogP contribution in [0.2, 0.25) is 10.0 Å². The van der Waals surface area contributed by atoms with E-state index in [4.69, 9.17) is 27.7 Å². The molecule has 24 heavy (non-hydrogen) atoms. The van der Waals surface area contributed by atoms with Gasteiger partial charge in [0.05, 0.1) is 6.04 Å². The van der Waals surface area contributed by atoms with E-state index in [1.54, 1.807) is 20.0 Å². The molecule has 2 aromatic rings. The first-order valence-electron chi connectivity index (χ1n) is 7.21. The zero-order valence-corrected chi connectivity index (χ0v) is 17.5. The number of halogens is 3. The summed E-state index contributed by atoms with van der Waals surface area (Å²) >= 11 is 12.1. The van der Waals surface area contributed by atoms with Crippen molar-refractivity contribution < 1.29 is 4.52 Å². The first kappa shape index (κ1) is 21.0. The highest BCUT2D eigenvalue weighted by atomic mass is 127. The van der Waals surface area contributed by atoms with Crippen LogP contribution >= 0.6 is 47.2 Å². The van der Waals surface area contributed by atoms with Crippen LogP contribution in [-0.2, 0) is 6.42 Å². The van der Waals surface area contributed by atoms with E-state index >= 15 is 0 Å². The van der Waals surface area contributed by atoms with Gasteiger partial charge in [0.15, 0.2) is 11.8 Å². The number of rotatable bonds is 5. The maximum Gasteiger partial charge on any atom is 0.228 e. The predicted octanol–water partition coefficient (Wildman–Crippen LogP) is 3.77. The summed E-state index contributed by atoms with van der Waals surface area (Å²) in [6.45, 7) is 4.42. The number of benzene rings is 1. The van der Waals surface area contributed by atoms with E-state index in [9.17, 15) is 0 Å². The van der Waals surface area contributed by atoms with Crippen LogP contribution in [0.5, 0.6) is 0 Å². The van der Waals surface area contributed by atoms with Crippen LogP contribution in [0.15, 0.2) is 27.7 Å². The number of aromatic nitrogens is 2. The highest BCUT2D eigenvalue weighted by Gasteiger charge is 2.12. The van der Waals surface area contributed by atoms with Gasteiger partial charge in [0.2, 0.25) is 5.89 Å². The van der Waals surface area contributed by atoms with Gasteiger partial charge in [-0.05, 0) is 31.5 Å². The molecule has 2 rings (SSSR count). The topological polar surface area (TPSA) is 75.3 Å². The third-order valence-electron chi connectivity index (χ3n) is 3.21. The molecule has 1 aromatic carbocycles. The zero-order valence-electron chi connectivity index (χ0n) is 13.6. The number of hydrogen-bond acceptors (Lipinski definition) is 4. The molecule has 1 atom stereocenters. The second-order valence-electron chi connectivity index (χ2n) is 5.02. The average Bonchev–Trinajstić information content (AvgIpc) is 2.91. The molecule has 0 saturated heterocycles. The first-order valence-corrected chi connectivity index (χ1v) is 7.96. The maximum atomic E-state index is 6.23. The minimum Gasteiger partial charge on any atom is -0.356 e. The number of aryl methyl sites for hydroxylation is 1. The highest BCUT2D eigenvalue weighted by Crippen LogP contribution is 2.25. The molecule has 0 spiro atoms. The lowest BCUT2D eigenvalue weighted by Crippen LogP contribution is -2.39. The lowest BCUT2D eigenvalue weighted by atomic mass is 10.1. The molecule has 1 unspecified atom stereocenters. The largest absolute Gasteiger partial charge is 0.356 e. The highest BCUT2D eigenvalue weighted by molar-refractivity contribution is 14.0. The standard InChI is InChI=1S/C15H19Cl2N5O.HI/c1-9(12-5-4-11(16)8-13(12)17)20-15(18-3)19-7-6-14-21-10(2)22-23-14;/h4-5,8-9H,6-7H2,1-3H3,(H2,18,19,20);1H. The van der Waals surface area contributed by atoms with Crippen LogP contribution in [0.25, 0.3) is 0 Å². The van der Waals surface area contributed by atoms with E-state index in [2.05, 4.69) is 25.8 Å². The number of nitrogens with zero attached hydrogens (tertiary/aromatic N) is 3. The van der Waals surface area contributed by atoms with Gasteiger partial charge in [-0.25, -0.2) is 0 Å². The Morgan fingerprint density at radius 1 is 1.38 bits per heavy atom. The molecule has 9 heteroatoms. The van der Waals surface area contributed by atoms with E-state index < -0.39 is 0 Å². The molecule has 6 nitrogen and oxygen atoms in total. The second-order valence-corrected chi connectivity index (χ2v) is 5.86. The van der Waals surface area contributed by atoms with Gasteiger partial charge in [0.25, 0.3) is 0 Å². The van der Waals surface area contributed by atoms with Crippen molar-refractivity contribution >= 4 is 53.1 Å². The van der Waals surface area contributed by atoms with Gasteiger partial charge in [0.1, 0.15) is 0 Å². The molecule has 1 heterocycles. The lowest BCUT2D eigenvalue weighted by molar-refractivity contribution is 0.374. The molecule has 0 saturated carbocycles. The number of guanidine groups is 1. The Hall–Kier alpha value is -1.06. The van der Waals surface area contributed by atoms with Crippen LogP contribution in [0, 0.1) is 6.92 Å². The van der Waals surface area contributed by atoms with Crippen LogP contribution in [-0.4, -0.2) is 29.7 Å². The summed E-state index contributed by atoms with van der Waals surface area (Å²) in [6, 6.07) is 5.42. The average molecular weight is 484 g/mol. The maximum absolute atomic E-state index is 6.23. The predicted molar refractivity (Wildman–Crippen MR) is 108 cm³/mol. The number of nitrogens with one attached hydrogen (secondary N) is 2. The van der Waals surface area contributed by atoms with Gasteiger partial charge in [-0.2, -0.15) is 4.98 Å². The summed E-state index contributed by atoms with van der Waals surface area (Å²) in [5.41, 5.74) is 0.951. The van der Waals surface area contributed by atoms with Crippen molar-refractivity contribution in [3.63, 3.8) is 0 Å². The minimum absolute atomic E-state index is 0. The van der Waals surface area contributed by atoms with Crippen molar-refractivity contribution in [1.82, 2.24) is 20.8 Å². The summed E-state index contributed by atoms with van der Waals surface area (Å²) in [7, 11) is 1.71. The van der Waals surface area contributed by atoms with Crippen LogP contribution < -0.4 is 10.6 Å². The van der Waals surface area contributed by atoms with Crippen molar-refractivity contribution in [1.29, 1.82) is 0 Å². The number of aliphatic imine (C=N–C) groups is 1. The van der Waals surface area contributed by atoms with Crippen LogP contribution in [0.3, 0.4) is 0 Å². The Bertz CT molecular complexity index is 692. The van der Waals surface area contributed by atoms with Crippen molar-refractivity contribution in [3.05, 3.63) is 45.5 Å². The molecule has 0 bridgehead atoms. The monoisotopic (exact) mass is 483 g/mol. The fourth-order valence-electron chi connectivity index (χ4n) is 2.06. The SMILES string of the molecule is CN=C(NCCc1nc(C)no1)NC(C)c1ccc(Cl)cc1Cl.I. The molecule has 1 aromatic heterocycles. The molecule has 0 amide bonds. The second kappa shape index (κ2) is 10.0. The van der Waals surface area contributed by atoms with E-state index in [0.717, 1.165) is 5.56 Å². The van der Waals surface area contributed by atoms with Gasteiger partial charge in [0, 0.05) is 30.1 Å². The molecule has 0 aliphatic carbocycles. The third-order valence-corrected chi connectivity index (χ3v) is 3.77. The van der Waals surface area contributed by atoms with Crippen molar-refractivity contribution in [2.75, 3.05) is 13.6 Å². The summed E-state index contributed by atoms with van der Waals surface area (Å²) in [4.78, 5) is 8.35. The van der Waals surface area contributed by atoms with E-state index in [1.807, 2.05) is 19.1 Å². The lowest BCUT2D eigenvalue weighted by Gasteiger charge is -2.19. The fraction of sp³-hybridized carbons (Fsp3) is 0.400. The summed E-state index contributed by atoms with van der Waals surface area (Å²) in [5.74, 6) is 1.90. The first-order chi connectivity index (χ1) is 11.0. The van der Waals surface area contributed by atoms with Crippen LogP contribution in [0.4, 0.5) is 0 Å².